The zero-order valence-electron chi connectivity index (χ0n) is 14.8. The Labute approximate surface area is 181 Å². The Morgan fingerprint density at radius 3 is 2.24 bits per heavy atom. The lowest BCUT2D eigenvalue weighted by Gasteiger charge is -2.14. The third-order valence-electron chi connectivity index (χ3n) is 3.45. The molecule has 2 rings (SSSR count). The first-order valence-electron chi connectivity index (χ1n) is 7.88. The van der Waals surface area contributed by atoms with Crippen molar-refractivity contribution in [2.75, 3.05) is 11.9 Å². The highest BCUT2D eigenvalue weighted by Crippen LogP contribution is 2.33. The van der Waals surface area contributed by atoms with Crippen LogP contribution < -0.4 is 15.2 Å². The minimum Gasteiger partial charge on any atom is -0.480 e. The van der Waals surface area contributed by atoms with Crippen LogP contribution in [0.15, 0.2) is 41.3 Å². The number of hydrogen-bond acceptors (Lipinski definition) is 6. The van der Waals surface area contributed by atoms with Gasteiger partial charge in [0.15, 0.2) is 12.7 Å². The molecule has 1 unspecified atom stereocenters. The molecule has 156 valence electrons. The molecule has 2 aromatic rings. The predicted octanol–water partition coefficient (Wildman–Crippen LogP) is 3.24. The number of hydrogen-bond donors (Lipinski definition) is 2. The summed E-state index contributed by atoms with van der Waals surface area (Å²) in [6.07, 6.45) is -1.15. The standard InChI is InChI=1S/C17H15Cl3N2O6S/c1-9(17(24)22-10-2-4-11(5-3-10)29(21,25)26)28-16(23)8-27-15-7-13(19)12(18)6-14(15)20/h2-7,9H,8H2,1H3,(H,22,24)(H2,21,25,26). The fraction of sp³-hybridized carbons (Fsp3) is 0.176. The molecule has 1 atom stereocenters. The van der Waals surface area contributed by atoms with Crippen molar-refractivity contribution in [3.05, 3.63) is 51.5 Å². The van der Waals surface area contributed by atoms with Gasteiger partial charge in [0.2, 0.25) is 10.0 Å². The lowest BCUT2D eigenvalue weighted by atomic mass is 10.3. The lowest BCUT2D eigenvalue weighted by Crippen LogP contribution is -2.31. The zero-order valence-corrected chi connectivity index (χ0v) is 17.9. The minimum atomic E-state index is -3.84. The molecule has 29 heavy (non-hydrogen) atoms. The third kappa shape index (κ3) is 6.76. The second-order valence-electron chi connectivity index (χ2n) is 5.68. The number of sulfonamides is 1. The van der Waals surface area contributed by atoms with E-state index in [1.54, 1.807) is 0 Å². The Balaban J connectivity index is 1.89. The summed E-state index contributed by atoms with van der Waals surface area (Å²) in [6.45, 7) is 0.844. The van der Waals surface area contributed by atoms with Crippen LogP contribution in [0.3, 0.4) is 0 Å². The summed E-state index contributed by atoms with van der Waals surface area (Å²) in [4.78, 5) is 23.9. The van der Waals surface area contributed by atoms with Gasteiger partial charge in [-0.15, -0.1) is 0 Å². The van der Waals surface area contributed by atoms with Gasteiger partial charge in [0.1, 0.15) is 5.75 Å². The molecule has 8 nitrogen and oxygen atoms in total. The van der Waals surface area contributed by atoms with Crippen molar-refractivity contribution in [3.8, 4) is 5.75 Å². The minimum absolute atomic E-state index is 0.104. The van der Waals surface area contributed by atoms with Crippen molar-refractivity contribution in [1.29, 1.82) is 0 Å². The molecule has 0 saturated carbocycles. The number of primary sulfonamides is 1. The first kappa shape index (κ1) is 23.2. The number of esters is 1. The molecule has 0 saturated heterocycles. The van der Waals surface area contributed by atoms with Crippen LogP contribution in [0.4, 0.5) is 5.69 Å². The molecule has 0 aromatic heterocycles. The largest absolute Gasteiger partial charge is 0.480 e. The summed E-state index contributed by atoms with van der Waals surface area (Å²) in [6, 6.07) is 7.88. The van der Waals surface area contributed by atoms with Crippen LogP contribution in [0.5, 0.6) is 5.75 Å². The van der Waals surface area contributed by atoms with Crippen LogP contribution in [-0.4, -0.2) is 33.0 Å². The van der Waals surface area contributed by atoms with Crippen LogP contribution in [0.25, 0.3) is 0 Å². The van der Waals surface area contributed by atoms with Gasteiger partial charge in [0.05, 0.1) is 20.0 Å². The first-order valence-corrected chi connectivity index (χ1v) is 10.6. The van der Waals surface area contributed by atoms with E-state index < -0.39 is 34.6 Å². The molecule has 0 heterocycles. The van der Waals surface area contributed by atoms with Gasteiger partial charge in [0, 0.05) is 11.8 Å². The van der Waals surface area contributed by atoms with E-state index in [2.05, 4.69) is 5.32 Å². The monoisotopic (exact) mass is 480 g/mol. The average Bonchev–Trinajstić information content (AvgIpc) is 2.63. The number of benzene rings is 2. The number of anilines is 1. The summed E-state index contributed by atoms with van der Waals surface area (Å²) in [5.41, 5.74) is 0.295. The van der Waals surface area contributed by atoms with Gasteiger partial charge in [-0.25, -0.2) is 18.4 Å². The van der Waals surface area contributed by atoms with E-state index in [1.807, 2.05) is 0 Å². The van der Waals surface area contributed by atoms with Crippen LogP contribution in [-0.2, 0) is 24.3 Å². The summed E-state index contributed by atoms with van der Waals surface area (Å²) >= 11 is 17.6. The SMILES string of the molecule is CC(OC(=O)COc1cc(Cl)c(Cl)cc1Cl)C(=O)Nc1ccc(S(N)(=O)=O)cc1. The quantitative estimate of drug-likeness (QED) is 0.462. The van der Waals surface area contributed by atoms with Crippen molar-refractivity contribution in [3.63, 3.8) is 0 Å². The zero-order chi connectivity index (χ0) is 21.8. The highest BCUT2D eigenvalue weighted by molar-refractivity contribution is 7.89. The van der Waals surface area contributed by atoms with Crippen molar-refractivity contribution >= 4 is 62.4 Å². The second-order valence-corrected chi connectivity index (χ2v) is 8.46. The Hall–Kier alpha value is -2.04. The number of nitrogens with two attached hydrogens (primary N) is 1. The fourth-order valence-corrected chi connectivity index (χ4v) is 3.11. The third-order valence-corrected chi connectivity index (χ3v) is 5.39. The van der Waals surface area contributed by atoms with Crippen LogP contribution in [0.2, 0.25) is 15.1 Å². The maximum absolute atomic E-state index is 12.1. The number of rotatable bonds is 7. The van der Waals surface area contributed by atoms with E-state index in [0.717, 1.165) is 0 Å². The Kier molecular flexibility index (Phi) is 7.73. The molecule has 0 fully saturated rings. The highest BCUT2D eigenvalue weighted by Gasteiger charge is 2.19. The van der Waals surface area contributed by atoms with E-state index in [-0.39, 0.29) is 25.7 Å². The summed E-state index contributed by atoms with van der Waals surface area (Å²) in [7, 11) is -3.84. The molecule has 0 radical (unpaired) electrons. The number of ether oxygens (including phenoxy) is 2. The van der Waals surface area contributed by atoms with E-state index in [9.17, 15) is 18.0 Å². The average molecular weight is 482 g/mol. The van der Waals surface area contributed by atoms with Crippen molar-refractivity contribution in [2.24, 2.45) is 5.14 Å². The molecular formula is C17H15Cl3N2O6S. The van der Waals surface area contributed by atoms with Crippen molar-refractivity contribution in [1.82, 2.24) is 0 Å². The van der Waals surface area contributed by atoms with E-state index in [0.29, 0.717) is 5.69 Å². The lowest BCUT2D eigenvalue weighted by molar-refractivity contribution is -0.155. The van der Waals surface area contributed by atoms with E-state index in [4.69, 9.17) is 49.4 Å². The first-order chi connectivity index (χ1) is 13.5. The fourth-order valence-electron chi connectivity index (χ4n) is 2.01. The number of carbonyl (C=O) groups is 2. The van der Waals surface area contributed by atoms with Gasteiger partial charge in [-0.3, -0.25) is 4.79 Å². The van der Waals surface area contributed by atoms with Crippen LogP contribution in [0, 0.1) is 0 Å². The molecular weight excluding hydrogens is 467 g/mol. The van der Waals surface area contributed by atoms with Crippen LogP contribution in [0.1, 0.15) is 6.92 Å². The molecule has 0 spiro atoms. The van der Waals surface area contributed by atoms with Gasteiger partial charge in [-0.2, -0.15) is 0 Å². The normalized spacial score (nSPS) is 12.2. The number of carbonyl (C=O) groups excluding carboxylic acids is 2. The Morgan fingerprint density at radius 2 is 1.66 bits per heavy atom. The predicted molar refractivity (Wildman–Crippen MR) is 109 cm³/mol. The van der Waals surface area contributed by atoms with E-state index >= 15 is 0 Å². The number of amides is 1. The van der Waals surface area contributed by atoms with Gasteiger partial charge >= 0.3 is 5.97 Å². The van der Waals surface area contributed by atoms with Gasteiger partial charge in [-0.05, 0) is 37.3 Å². The van der Waals surface area contributed by atoms with Gasteiger partial charge < -0.3 is 14.8 Å². The van der Waals surface area contributed by atoms with Gasteiger partial charge in [-0.1, -0.05) is 34.8 Å². The van der Waals surface area contributed by atoms with Crippen LogP contribution >= 0.6 is 34.8 Å². The molecule has 0 bridgehead atoms. The second kappa shape index (κ2) is 9.64. The van der Waals surface area contributed by atoms with Crippen molar-refractivity contribution < 1.29 is 27.5 Å². The molecule has 2 aromatic carbocycles. The Bertz CT molecular complexity index is 1030. The van der Waals surface area contributed by atoms with E-state index in [1.165, 1.54) is 43.3 Å². The molecule has 0 aliphatic carbocycles. The molecule has 3 N–H and O–H groups in total. The van der Waals surface area contributed by atoms with Crippen molar-refractivity contribution in [2.45, 2.75) is 17.9 Å². The topological polar surface area (TPSA) is 125 Å². The summed E-state index contributed by atoms with van der Waals surface area (Å²) < 4.78 is 32.6. The molecule has 0 aliphatic heterocycles. The molecule has 12 heteroatoms. The number of halogens is 3. The maximum Gasteiger partial charge on any atom is 0.344 e. The Morgan fingerprint density at radius 1 is 1.07 bits per heavy atom. The maximum atomic E-state index is 12.1. The molecule has 0 aliphatic rings. The summed E-state index contributed by atoms with van der Waals surface area (Å²) in [5, 5.41) is 8.06. The smallest absolute Gasteiger partial charge is 0.344 e. The molecule has 1 amide bonds. The van der Waals surface area contributed by atoms with Gasteiger partial charge in [0.25, 0.3) is 5.91 Å². The summed E-state index contributed by atoms with van der Waals surface area (Å²) in [5.74, 6) is -1.32. The highest BCUT2D eigenvalue weighted by atomic mass is 35.5. The number of nitrogens with one attached hydrogen (secondary N) is 1.